The number of carbonyl (C=O) groups is 1. The Morgan fingerprint density at radius 1 is 0.373 bits per heavy atom. The van der Waals surface area contributed by atoms with E-state index in [0.717, 1.165) is 78.0 Å². The predicted molar refractivity (Wildman–Crippen MR) is 201 cm³/mol. The van der Waals surface area contributed by atoms with Crippen molar-refractivity contribution in [2.75, 3.05) is 0 Å². The Morgan fingerprint density at radius 2 is 0.725 bits per heavy atom. The van der Waals surface area contributed by atoms with Gasteiger partial charge in [-0.25, -0.2) is 4.79 Å². The number of fused-ring (bicyclic) bond motifs is 8. The van der Waals surface area contributed by atoms with Crippen LogP contribution in [-0.4, -0.2) is 31.0 Å². The molecule has 9 rings (SSSR count). The van der Waals surface area contributed by atoms with E-state index < -0.39 is 5.97 Å². The molecule has 51 heavy (non-hydrogen) atoms. The van der Waals surface area contributed by atoms with E-state index in [9.17, 15) is 9.90 Å². The van der Waals surface area contributed by atoms with E-state index in [2.05, 4.69) is 74.5 Å². The number of hydrogen-bond donors (Lipinski definition) is 5. The summed E-state index contributed by atoms with van der Waals surface area (Å²) in [6.07, 6.45) is 0. The molecule has 6 nitrogen and oxygen atoms in total. The van der Waals surface area contributed by atoms with Gasteiger partial charge < -0.3 is 25.0 Å². The van der Waals surface area contributed by atoms with Gasteiger partial charge in [-0.1, -0.05) is 121 Å². The highest BCUT2D eigenvalue weighted by atomic mass is 16.4. The number of aromatic carboxylic acids is 1. The van der Waals surface area contributed by atoms with Crippen molar-refractivity contribution in [2.24, 2.45) is 0 Å². The zero-order valence-corrected chi connectivity index (χ0v) is 27.4. The smallest absolute Gasteiger partial charge is 0.337 e. The number of hydrogen-bond acceptors (Lipinski definition) is 1. The number of nitrogens with one attached hydrogen (secondary N) is 4. The zero-order valence-electron chi connectivity index (χ0n) is 27.4. The van der Waals surface area contributed by atoms with Gasteiger partial charge in [0, 0.05) is 61.1 Å². The van der Waals surface area contributed by atoms with Gasteiger partial charge in [-0.3, -0.25) is 0 Å². The van der Waals surface area contributed by atoms with Crippen LogP contribution in [0.3, 0.4) is 0 Å². The number of aromatic nitrogens is 4. The average molecular weight is 661 g/mol. The summed E-state index contributed by atoms with van der Waals surface area (Å²) in [5.74, 6) is -1.01. The molecule has 4 aromatic heterocycles. The highest BCUT2D eigenvalue weighted by molar-refractivity contribution is 5.92. The van der Waals surface area contributed by atoms with Crippen LogP contribution in [0.4, 0.5) is 0 Å². The van der Waals surface area contributed by atoms with Crippen molar-refractivity contribution in [2.45, 2.75) is 0 Å². The summed E-state index contributed by atoms with van der Waals surface area (Å²) < 4.78 is 0. The monoisotopic (exact) mass is 660 g/mol. The minimum atomic E-state index is -1.01. The molecule has 0 unspecified atom stereocenters. The van der Waals surface area contributed by atoms with Crippen molar-refractivity contribution in [3.8, 4) is 0 Å². The van der Waals surface area contributed by atoms with Crippen molar-refractivity contribution in [1.29, 1.82) is 0 Å². The van der Waals surface area contributed by atoms with Gasteiger partial charge in [-0.05, 0) is 64.7 Å². The van der Waals surface area contributed by atoms with Crippen molar-refractivity contribution in [3.63, 3.8) is 0 Å². The molecule has 0 radical (unpaired) electrons. The normalized spacial score (nSPS) is 12.7. The van der Waals surface area contributed by atoms with Crippen LogP contribution in [0.5, 0.6) is 0 Å². The van der Waals surface area contributed by atoms with E-state index in [1.54, 1.807) is 6.07 Å². The van der Waals surface area contributed by atoms with Crippen LogP contribution in [0.25, 0.3) is 22.3 Å². The number of aromatic amines is 4. The van der Waals surface area contributed by atoms with Gasteiger partial charge >= 0.3 is 5.97 Å². The Labute approximate surface area is 293 Å². The van der Waals surface area contributed by atoms with Crippen molar-refractivity contribution < 1.29 is 9.90 Å². The van der Waals surface area contributed by atoms with E-state index in [4.69, 9.17) is 0 Å². The van der Waals surface area contributed by atoms with Gasteiger partial charge in [-0.2, -0.15) is 0 Å². The summed E-state index contributed by atoms with van der Waals surface area (Å²) in [4.78, 5) is 28.0. The van der Waals surface area contributed by atoms with Crippen LogP contribution >= 0.6 is 0 Å². The van der Waals surface area contributed by atoms with E-state index in [0.29, 0.717) is 10.7 Å². The number of rotatable bonds is 5. The van der Waals surface area contributed by atoms with Gasteiger partial charge in [0.1, 0.15) is 0 Å². The highest BCUT2D eigenvalue weighted by Gasteiger charge is 2.21. The fraction of sp³-hybridized carbons (Fsp3) is 0. The second kappa shape index (κ2) is 12.4. The summed E-state index contributed by atoms with van der Waals surface area (Å²) in [6.45, 7) is 0. The van der Waals surface area contributed by atoms with Crippen LogP contribution in [0.2, 0.25) is 0 Å². The highest BCUT2D eigenvalue weighted by Crippen LogP contribution is 2.28. The van der Waals surface area contributed by atoms with Gasteiger partial charge in [0.25, 0.3) is 0 Å². The molecule has 1 aliphatic rings. The van der Waals surface area contributed by atoms with E-state index in [1.165, 1.54) is 0 Å². The van der Waals surface area contributed by atoms with Gasteiger partial charge in [0.05, 0.1) is 10.9 Å². The molecule has 4 aromatic carbocycles. The lowest BCUT2D eigenvalue weighted by atomic mass is 10.0. The first kappa shape index (κ1) is 30.0. The lowest BCUT2D eigenvalue weighted by Gasteiger charge is -2.10. The summed E-state index contributed by atoms with van der Waals surface area (Å²) in [6, 6.07) is 55.0. The molecule has 0 saturated heterocycles. The summed E-state index contributed by atoms with van der Waals surface area (Å²) in [5, 5.41) is 13.8. The molecule has 0 amide bonds. The maximum atomic E-state index is 13.1. The number of H-pyrrole nitrogens is 4. The van der Waals surface area contributed by atoms with Crippen molar-refractivity contribution in [3.05, 3.63) is 236 Å². The molecule has 0 atom stereocenters. The molecular weight excluding hydrogens is 629 g/mol. The van der Waals surface area contributed by atoms with Crippen molar-refractivity contribution in [1.82, 2.24) is 19.9 Å². The fourth-order valence-electron chi connectivity index (χ4n) is 7.24. The SMILES string of the molecule is O=C(O)c1cc2[nH]c1=C(c1ccccc1)c1ccc([nH]1)C(c1ccccc1)=c1ccc([nH]1)=C(c1ccccc1)c1ccc([nH]1)C=2c1ccccc1. The molecule has 244 valence electrons. The van der Waals surface area contributed by atoms with E-state index in [1.807, 2.05) is 103 Å². The number of carboxylic acids is 1. The van der Waals surface area contributed by atoms with E-state index >= 15 is 0 Å². The Balaban J connectivity index is 1.48. The lowest BCUT2D eigenvalue weighted by molar-refractivity contribution is 0.0695. The molecule has 8 bridgehead atoms. The Bertz CT molecular complexity index is 2800. The molecule has 5 heterocycles. The Hall–Kier alpha value is -7.05. The lowest BCUT2D eigenvalue weighted by Crippen LogP contribution is -2.21. The minimum Gasteiger partial charge on any atom is -0.478 e. The third-order valence-corrected chi connectivity index (χ3v) is 9.49. The number of benzene rings is 4. The number of carboxylic acid groups (broad SMARTS) is 1. The van der Waals surface area contributed by atoms with Crippen LogP contribution in [0, 0.1) is 0 Å². The third-order valence-electron chi connectivity index (χ3n) is 9.49. The molecule has 1 aliphatic heterocycles. The molecule has 6 heteroatoms. The predicted octanol–water partition coefficient (Wildman–Crippen LogP) is 6.00. The summed E-state index contributed by atoms with van der Waals surface area (Å²) in [7, 11) is 0. The van der Waals surface area contributed by atoms with Crippen LogP contribution < -0.4 is 21.4 Å². The standard InChI is InChI=1S/C45H32N4O2/c50-45(51)32-27-39-42(30-17-9-3-10-18-30)37-24-23-35(47-37)40(28-13-5-1-6-14-28)33-21-22-34(46-33)41(29-15-7-2-8-16-29)36-25-26-38(48-36)43(44(32)49-39)31-19-11-4-12-20-31/h1-27,46-49H,(H,50,51). The maximum Gasteiger partial charge on any atom is 0.337 e. The molecule has 0 fully saturated rings. The molecule has 8 aromatic rings. The molecule has 0 saturated carbocycles. The van der Waals surface area contributed by atoms with Gasteiger partial charge in [0.2, 0.25) is 0 Å². The van der Waals surface area contributed by atoms with Crippen LogP contribution in [-0.2, 0) is 0 Å². The third kappa shape index (κ3) is 5.36. The Kier molecular flexibility index (Phi) is 7.33. The van der Waals surface area contributed by atoms with Crippen LogP contribution in [0.15, 0.2) is 164 Å². The van der Waals surface area contributed by atoms with Gasteiger partial charge in [-0.15, -0.1) is 0 Å². The minimum absolute atomic E-state index is 0.182. The second-order valence-electron chi connectivity index (χ2n) is 12.6. The zero-order chi connectivity index (χ0) is 34.3. The maximum absolute atomic E-state index is 13.1. The summed E-state index contributed by atoms with van der Waals surface area (Å²) >= 11 is 0. The molecular formula is C45H32N4O2. The first-order valence-electron chi connectivity index (χ1n) is 16.9. The van der Waals surface area contributed by atoms with Gasteiger partial charge in [0.15, 0.2) is 0 Å². The first-order valence-corrected chi connectivity index (χ1v) is 16.9. The fourth-order valence-corrected chi connectivity index (χ4v) is 7.24. The largest absolute Gasteiger partial charge is 0.478 e. The summed E-state index contributed by atoms with van der Waals surface area (Å²) in [5.41, 5.74) is 11.2. The molecule has 0 aliphatic carbocycles. The quantitative estimate of drug-likeness (QED) is 0.157. The average Bonchev–Trinajstić information content (AvgIpc) is 4.00. The first-order chi connectivity index (χ1) is 25.1. The molecule has 0 spiro atoms. The van der Waals surface area contributed by atoms with Crippen molar-refractivity contribution >= 4 is 28.3 Å². The van der Waals surface area contributed by atoms with Crippen LogP contribution in [0.1, 0.15) is 55.4 Å². The van der Waals surface area contributed by atoms with E-state index in [-0.39, 0.29) is 5.56 Å². The second-order valence-corrected chi connectivity index (χ2v) is 12.6. The topological polar surface area (TPSA) is 100 Å². The molecule has 5 N–H and O–H groups in total. The Morgan fingerprint density at radius 3 is 1.12 bits per heavy atom.